The summed E-state index contributed by atoms with van der Waals surface area (Å²) in [6.45, 7) is 3.30. The van der Waals surface area contributed by atoms with E-state index in [1.54, 1.807) is 4.90 Å². The van der Waals surface area contributed by atoms with E-state index >= 15 is 0 Å². The first-order chi connectivity index (χ1) is 10.1. The molecule has 3 heterocycles. The van der Waals surface area contributed by atoms with Crippen LogP contribution in [0.4, 0.5) is 0 Å². The molecule has 0 aliphatic carbocycles. The van der Waals surface area contributed by atoms with Crippen LogP contribution in [0.2, 0.25) is 0 Å². The Morgan fingerprint density at radius 2 is 2.29 bits per heavy atom. The molecule has 1 aliphatic rings. The van der Waals surface area contributed by atoms with Crippen molar-refractivity contribution in [3.63, 3.8) is 0 Å². The molecule has 0 radical (unpaired) electrons. The van der Waals surface area contributed by atoms with Gasteiger partial charge in [-0.1, -0.05) is 11.8 Å². The first-order valence-electron chi connectivity index (χ1n) is 6.71. The van der Waals surface area contributed by atoms with Crippen LogP contribution in [0.5, 0.6) is 0 Å². The summed E-state index contributed by atoms with van der Waals surface area (Å²) in [5.74, 6) is -0.267. The minimum absolute atomic E-state index is 0.0547. The van der Waals surface area contributed by atoms with Crippen molar-refractivity contribution in [3.05, 3.63) is 46.1 Å². The van der Waals surface area contributed by atoms with Gasteiger partial charge in [-0.15, -0.1) is 0 Å². The van der Waals surface area contributed by atoms with E-state index in [2.05, 4.69) is 14.5 Å². The summed E-state index contributed by atoms with van der Waals surface area (Å²) in [6.07, 6.45) is 5.20. The van der Waals surface area contributed by atoms with Crippen LogP contribution in [0.15, 0.2) is 34.5 Å². The maximum absolute atomic E-state index is 12.6. The number of carbonyl (C=O) groups is 1. The Morgan fingerprint density at radius 1 is 1.48 bits per heavy atom. The van der Waals surface area contributed by atoms with Gasteiger partial charge in [0.15, 0.2) is 5.16 Å². The fourth-order valence-electron chi connectivity index (χ4n) is 2.65. The molecule has 1 unspecified atom stereocenters. The first kappa shape index (κ1) is 13.9. The molecular weight excluding hydrogens is 288 g/mol. The van der Waals surface area contributed by atoms with Crippen molar-refractivity contribution in [2.45, 2.75) is 24.7 Å². The third-order valence-electron chi connectivity index (χ3n) is 3.80. The molecule has 21 heavy (non-hydrogen) atoms. The number of nitrogens with one attached hydrogen (secondary N) is 1. The Kier molecular flexibility index (Phi) is 3.59. The zero-order valence-corrected chi connectivity index (χ0v) is 12.7. The van der Waals surface area contributed by atoms with E-state index in [0.717, 1.165) is 12.2 Å². The molecule has 0 fully saturated rings. The molecule has 0 saturated heterocycles. The predicted octanol–water partition coefficient (Wildman–Crippen LogP) is 1.51. The summed E-state index contributed by atoms with van der Waals surface area (Å²) in [4.78, 5) is 33.1. The lowest BCUT2D eigenvalue weighted by Crippen LogP contribution is -2.42. The number of nitrogens with zero attached hydrogens (tertiary/aromatic N) is 3. The van der Waals surface area contributed by atoms with Gasteiger partial charge in [-0.2, -0.15) is 0 Å². The summed E-state index contributed by atoms with van der Waals surface area (Å²) in [6, 6.07) is 3.92. The number of thioether (sulfide) groups is 1. The topological polar surface area (TPSA) is 71.0 Å². The zero-order valence-electron chi connectivity index (χ0n) is 11.9. The summed E-state index contributed by atoms with van der Waals surface area (Å²) in [5, 5.41) is 0.511. The predicted molar refractivity (Wildman–Crippen MR) is 80.5 cm³/mol. The Labute approximate surface area is 126 Å². The maximum Gasteiger partial charge on any atom is 0.264 e. The number of aromatic amines is 1. The highest BCUT2D eigenvalue weighted by Crippen LogP contribution is 2.26. The van der Waals surface area contributed by atoms with E-state index in [-0.39, 0.29) is 23.1 Å². The van der Waals surface area contributed by atoms with E-state index in [1.165, 1.54) is 18.0 Å². The molecule has 0 bridgehead atoms. The summed E-state index contributed by atoms with van der Waals surface area (Å²) in [5.41, 5.74) is 0.798. The van der Waals surface area contributed by atoms with E-state index in [9.17, 15) is 9.59 Å². The van der Waals surface area contributed by atoms with E-state index in [4.69, 9.17) is 0 Å². The molecule has 110 valence electrons. The van der Waals surface area contributed by atoms with Crippen LogP contribution in [0.3, 0.4) is 0 Å². The van der Waals surface area contributed by atoms with Gasteiger partial charge in [0.2, 0.25) is 0 Å². The smallest absolute Gasteiger partial charge is 0.264 e. The van der Waals surface area contributed by atoms with Gasteiger partial charge in [0.05, 0.1) is 6.04 Å². The van der Waals surface area contributed by atoms with Crippen molar-refractivity contribution in [2.24, 2.45) is 0 Å². The van der Waals surface area contributed by atoms with Gasteiger partial charge in [-0.3, -0.25) is 9.59 Å². The Bertz CT molecular complexity index is 737. The third-order valence-corrected chi connectivity index (χ3v) is 4.40. The number of hydrogen-bond donors (Lipinski definition) is 1. The molecule has 1 amide bonds. The molecule has 0 saturated carbocycles. The van der Waals surface area contributed by atoms with Gasteiger partial charge < -0.3 is 14.5 Å². The van der Waals surface area contributed by atoms with Gasteiger partial charge >= 0.3 is 0 Å². The Morgan fingerprint density at radius 3 is 3.00 bits per heavy atom. The lowest BCUT2D eigenvalue weighted by molar-refractivity contribution is 0.0641. The normalized spacial score (nSPS) is 17.6. The molecule has 1 aliphatic heterocycles. The van der Waals surface area contributed by atoms with Crippen LogP contribution in [-0.4, -0.2) is 38.1 Å². The van der Waals surface area contributed by atoms with E-state index in [1.807, 2.05) is 31.5 Å². The second-order valence-electron chi connectivity index (χ2n) is 4.94. The molecule has 2 aromatic heterocycles. The van der Waals surface area contributed by atoms with Crippen molar-refractivity contribution in [1.82, 2.24) is 19.4 Å². The summed E-state index contributed by atoms with van der Waals surface area (Å²) >= 11 is 1.34. The fraction of sp³-hybridized carbons (Fsp3) is 0.357. The minimum atomic E-state index is -0.382. The number of H-pyrrole nitrogens is 1. The molecule has 7 heteroatoms. The lowest BCUT2D eigenvalue weighted by atomic mass is 10.1. The van der Waals surface area contributed by atoms with Crippen LogP contribution < -0.4 is 5.56 Å². The molecular formula is C14H16N4O2S. The van der Waals surface area contributed by atoms with E-state index in [0.29, 0.717) is 11.7 Å². The Hall–Kier alpha value is -2.02. The average molecular weight is 304 g/mol. The van der Waals surface area contributed by atoms with Gasteiger partial charge in [-0.05, 0) is 25.3 Å². The van der Waals surface area contributed by atoms with Crippen LogP contribution in [-0.2, 0) is 6.54 Å². The van der Waals surface area contributed by atoms with E-state index < -0.39 is 0 Å². The molecule has 6 nitrogen and oxygen atoms in total. The highest BCUT2D eigenvalue weighted by atomic mass is 32.2. The van der Waals surface area contributed by atoms with Crippen LogP contribution in [0.25, 0.3) is 0 Å². The van der Waals surface area contributed by atoms with Crippen molar-refractivity contribution in [1.29, 1.82) is 0 Å². The molecule has 0 spiro atoms. The zero-order chi connectivity index (χ0) is 15.0. The first-order valence-corrected chi connectivity index (χ1v) is 7.93. The number of aromatic nitrogens is 3. The quantitative estimate of drug-likeness (QED) is 0.674. The van der Waals surface area contributed by atoms with Crippen molar-refractivity contribution < 1.29 is 4.79 Å². The van der Waals surface area contributed by atoms with Gasteiger partial charge in [-0.25, -0.2) is 4.98 Å². The average Bonchev–Trinajstić information content (AvgIpc) is 2.96. The van der Waals surface area contributed by atoms with Crippen LogP contribution in [0.1, 0.15) is 29.0 Å². The van der Waals surface area contributed by atoms with Gasteiger partial charge in [0.1, 0.15) is 5.56 Å². The number of carbonyl (C=O) groups excluding carboxylic acids is 1. The maximum atomic E-state index is 12.6. The van der Waals surface area contributed by atoms with Gasteiger partial charge in [0.25, 0.3) is 11.5 Å². The van der Waals surface area contributed by atoms with Crippen LogP contribution >= 0.6 is 11.8 Å². The fourth-order valence-corrected chi connectivity index (χ4v) is 3.00. The molecule has 0 aromatic carbocycles. The molecule has 1 N–H and O–H groups in total. The van der Waals surface area contributed by atoms with Crippen molar-refractivity contribution >= 4 is 17.7 Å². The standard InChI is InChI=1S/C14H16N4O2S/c1-9-11-4-3-5-17(11)6-7-18(9)13(20)10-8-15-14(21-2)16-12(10)19/h3-5,8-9H,6-7H2,1-2H3,(H,15,16,19). The minimum Gasteiger partial charge on any atom is -0.348 e. The van der Waals surface area contributed by atoms with Gasteiger partial charge in [0, 0.05) is 31.2 Å². The number of fused-ring (bicyclic) bond motifs is 1. The SMILES string of the molecule is CSc1ncc(C(=O)N2CCn3cccc3C2C)c(=O)[nH]1. The van der Waals surface area contributed by atoms with Crippen molar-refractivity contribution in [3.8, 4) is 0 Å². The highest BCUT2D eigenvalue weighted by Gasteiger charge is 2.29. The molecule has 3 rings (SSSR count). The second kappa shape index (κ2) is 5.40. The Balaban J connectivity index is 1.91. The largest absolute Gasteiger partial charge is 0.348 e. The molecule has 2 aromatic rings. The second-order valence-corrected chi connectivity index (χ2v) is 5.73. The van der Waals surface area contributed by atoms with Crippen LogP contribution in [0, 0.1) is 0 Å². The lowest BCUT2D eigenvalue weighted by Gasteiger charge is -2.34. The monoisotopic (exact) mass is 304 g/mol. The van der Waals surface area contributed by atoms with Crippen molar-refractivity contribution in [2.75, 3.05) is 12.8 Å². The number of hydrogen-bond acceptors (Lipinski definition) is 4. The molecule has 1 atom stereocenters. The third kappa shape index (κ3) is 2.37. The summed E-state index contributed by atoms with van der Waals surface area (Å²) < 4.78 is 2.13. The highest BCUT2D eigenvalue weighted by molar-refractivity contribution is 7.98. The number of rotatable bonds is 2. The number of amides is 1. The summed E-state index contributed by atoms with van der Waals surface area (Å²) in [7, 11) is 0.